The standard InChI is InChI=1S/C20H10BrF3IN/c21-19(13-9-5-2-6-10-13)17-15(14(25)11-26)16(17)18(20(22,23)24)12-7-3-1-4-8-12/h1-10H. The second kappa shape index (κ2) is 7.41. The van der Waals surface area contributed by atoms with Crippen LogP contribution in [0.25, 0.3) is 10.1 Å². The predicted octanol–water partition coefficient (Wildman–Crippen LogP) is 7.03. The van der Waals surface area contributed by atoms with Gasteiger partial charge in [-0.3, -0.25) is 0 Å². The van der Waals surface area contributed by atoms with Gasteiger partial charge in [0.25, 0.3) is 0 Å². The smallest absolute Gasteiger partial charge is 0.192 e. The molecule has 0 N–H and O–H groups in total. The number of hydrogen-bond acceptors (Lipinski definition) is 1. The van der Waals surface area contributed by atoms with Crippen LogP contribution in [0.15, 0.2) is 81.0 Å². The number of halogens is 5. The monoisotopic (exact) mass is 527 g/mol. The average molecular weight is 528 g/mol. The van der Waals surface area contributed by atoms with Crippen molar-refractivity contribution in [3.63, 3.8) is 0 Å². The molecule has 3 rings (SSSR count). The summed E-state index contributed by atoms with van der Waals surface area (Å²) in [7, 11) is 0. The van der Waals surface area contributed by atoms with Crippen LogP contribution in [0.4, 0.5) is 13.2 Å². The van der Waals surface area contributed by atoms with Gasteiger partial charge in [0.2, 0.25) is 0 Å². The number of rotatable bonds is 2. The van der Waals surface area contributed by atoms with E-state index in [1.807, 2.05) is 24.3 Å². The molecule has 26 heavy (non-hydrogen) atoms. The second-order valence-corrected chi connectivity index (χ2v) is 7.34. The number of allylic oxidation sites excluding steroid dienone is 5. The highest BCUT2D eigenvalue weighted by Crippen LogP contribution is 2.59. The van der Waals surface area contributed by atoms with Gasteiger partial charge in [-0.05, 0) is 49.6 Å². The molecule has 1 saturated carbocycles. The molecule has 0 amide bonds. The van der Waals surface area contributed by atoms with Gasteiger partial charge in [0.1, 0.15) is 6.07 Å². The summed E-state index contributed by atoms with van der Waals surface area (Å²) in [4.78, 5) is 0. The molecular weight excluding hydrogens is 518 g/mol. The Morgan fingerprint density at radius 1 is 0.846 bits per heavy atom. The quantitative estimate of drug-likeness (QED) is 0.303. The minimum absolute atomic E-state index is 0.0744. The molecule has 0 heterocycles. The fourth-order valence-electron chi connectivity index (χ4n) is 2.72. The number of nitrogens with zero attached hydrogens (tertiary/aromatic N) is 1. The molecule has 0 saturated heterocycles. The van der Waals surface area contributed by atoms with Crippen molar-refractivity contribution < 1.29 is 13.2 Å². The molecule has 0 atom stereocenters. The minimum atomic E-state index is -4.54. The van der Waals surface area contributed by atoms with Gasteiger partial charge in [0, 0.05) is 21.2 Å². The van der Waals surface area contributed by atoms with Crippen molar-refractivity contribution in [3.05, 3.63) is 92.1 Å². The van der Waals surface area contributed by atoms with Crippen LogP contribution in [0, 0.1) is 11.3 Å². The molecule has 130 valence electrons. The van der Waals surface area contributed by atoms with E-state index in [0.29, 0.717) is 15.6 Å². The van der Waals surface area contributed by atoms with Crippen molar-refractivity contribution in [3.8, 4) is 6.07 Å². The number of alkyl halides is 3. The van der Waals surface area contributed by atoms with Gasteiger partial charge in [-0.1, -0.05) is 60.7 Å². The first-order valence-electron chi connectivity index (χ1n) is 7.49. The van der Waals surface area contributed by atoms with E-state index in [2.05, 4.69) is 15.9 Å². The van der Waals surface area contributed by atoms with E-state index in [4.69, 9.17) is 0 Å². The molecule has 1 aliphatic carbocycles. The molecule has 0 unspecified atom stereocenters. The molecule has 0 aromatic heterocycles. The van der Waals surface area contributed by atoms with Crippen LogP contribution in [0.5, 0.6) is 0 Å². The highest BCUT2D eigenvalue weighted by Gasteiger charge is 2.47. The Kier molecular flexibility index (Phi) is 5.39. The SMILES string of the molecule is N#CC(I)=C1C(=C(Br)c2ccccc2)C1=C(c1ccccc1)C(F)(F)F. The Labute approximate surface area is 170 Å². The second-order valence-electron chi connectivity index (χ2n) is 5.47. The van der Waals surface area contributed by atoms with E-state index >= 15 is 0 Å². The van der Waals surface area contributed by atoms with Gasteiger partial charge in [-0.15, -0.1) is 0 Å². The first-order chi connectivity index (χ1) is 12.4. The fraction of sp³-hybridized carbons (Fsp3) is 0.0500. The highest BCUT2D eigenvalue weighted by molar-refractivity contribution is 14.1. The lowest BCUT2D eigenvalue weighted by molar-refractivity contribution is -0.0690. The number of benzene rings is 2. The first-order valence-corrected chi connectivity index (χ1v) is 9.36. The number of nitriles is 1. The summed E-state index contributed by atoms with van der Waals surface area (Å²) in [6.45, 7) is 0. The van der Waals surface area contributed by atoms with E-state index in [1.165, 1.54) is 12.1 Å². The molecule has 0 spiro atoms. The van der Waals surface area contributed by atoms with Crippen molar-refractivity contribution >= 4 is 48.6 Å². The van der Waals surface area contributed by atoms with Crippen molar-refractivity contribution in [2.24, 2.45) is 0 Å². The van der Waals surface area contributed by atoms with Crippen LogP contribution in [0.3, 0.4) is 0 Å². The highest BCUT2D eigenvalue weighted by atomic mass is 127. The van der Waals surface area contributed by atoms with Crippen molar-refractivity contribution in [1.29, 1.82) is 5.26 Å². The Morgan fingerprint density at radius 2 is 1.35 bits per heavy atom. The molecule has 2 aromatic rings. The Bertz CT molecular complexity index is 981. The lowest BCUT2D eigenvalue weighted by Crippen LogP contribution is -2.11. The van der Waals surface area contributed by atoms with E-state index in [-0.39, 0.29) is 14.7 Å². The normalized spacial score (nSPS) is 19.5. The zero-order chi connectivity index (χ0) is 18.9. The molecule has 0 radical (unpaired) electrons. The van der Waals surface area contributed by atoms with Crippen LogP contribution in [-0.2, 0) is 0 Å². The van der Waals surface area contributed by atoms with E-state index in [0.717, 1.165) is 5.56 Å². The predicted molar refractivity (Wildman–Crippen MR) is 108 cm³/mol. The van der Waals surface area contributed by atoms with E-state index in [9.17, 15) is 18.4 Å². The summed E-state index contributed by atoms with van der Waals surface area (Å²) in [5.41, 5.74) is 0.967. The van der Waals surface area contributed by atoms with Crippen LogP contribution >= 0.6 is 38.5 Å². The van der Waals surface area contributed by atoms with Gasteiger partial charge in [0.15, 0.2) is 0 Å². The van der Waals surface area contributed by atoms with Gasteiger partial charge < -0.3 is 0 Å². The third kappa shape index (κ3) is 3.64. The van der Waals surface area contributed by atoms with Crippen LogP contribution < -0.4 is 0 Å². The fourth-order valence-corrected chi connectivity index (χ4v) is 3.92. The van der Waals surface area contributed by atoms with Gasteiger partial charge in [-0.25, -0.2) is 0 Å². The summed E-state index contributed by atoms with van der Waals surface area (Å²) in [5.74, 6) is 0. The molecular formula is C20H10BrF3IN. The lowest BCUT2D eigenvalue weighted by Gasteiger charge is -2.11. The Morgan fingerprint density at radius 3 is 1.81 bits per heavy atom. The molecule has 0 aliphatic heterocycles. The minimum Gasteiger partial charge on any atom is -0.192 e. The molecule has 0 bridgehead atoms. The molecule has 1 fully saturated rings. The molecule has 1 aliphatic rings. The molecule has 1 nitrogen and oxygen atoms in total. The zero-order valence-electron chi connectivity index (χ0n) is 13.1. The first kappa shape index (κ1) is 18.9. The summed E-state index contributed by atoms with van der Waals surface area (Å²) in [6, 6.07) is 18.7. The van der Waals surface area contributed by atoms with E-state index in [1.54, 1.807) is 52.9 Å². The average Bonchev–Trinajstić information content (AvgIpc) is 3.35. The molecule has 2 aromatic carbocycles. The maximum Gasteiger partial charge on any atom is 0.417 e. The van der Waals surface area contributed by atoms with Crippen LogP contribution in [-0.4, -0.2) is 6.18 Å². The van der Waals surface area contributed by atoms with Gasteiger partial charge in [0.05, 0.1) is 9.15 Å². The number of hydrogen-bond donors (Lipinski definition) is 0. The Balaban J connectivity index is 2.33. The topological polar surface area (TPSA) is 23.8 Å². The molecule has 6 heteroatoms. The van der Waals surface area contributed by atoms with Crippen molar-refractivity contribution in [2.45, 2.75) is 6.18 Å². The van der Waals surface area contributed by atoms with E-state index < -0.39 is 11.7 Å². The largest absolute Gasteiger partial charge is 0.417 e. The third-order valence-electron chi connectivity index (χ3n) is 3.85. The maximum absolute atomic E-state index is 13.9. The van der Waals surface area contributed by atoms with Crippen LogP contribution in [0.1, 0.15) is 11.1 Å². The third-order valence-corrected chi connectivity index (χ3v) is 5.48. The Hall–Kier alpha value is -1.85. The van der Waals surface area contributed by atoms with Gasteiger partial charge >= 0.3 is 6.18 Å². The van der Waals surface area contributed by atoms with Gasteiger partial charge in [-0.2, -0.15) is 18.4 Å². The van der Waals surface area contributed by atoms with Crippen LogP contribution in [0.2, 0.25) is 0 Å². The zero-order valence-corrected chi connectivity index (χ0v) is 16.9. The summed E-state index contributed by atoms with van der Waals surface area (Å²) < 4.78 is 42.4. The van der Waals surface area contributed by atoms with Crippen molar-refractivity contribution in [1.82, 2.24) is 0 Å². The van der Waals surface area contributed by atoms with Crippen molar-refractivity contribution in [2.75, 3.05) is 0 Å². The maximum atomic E-state index is 13.9. The summed E-state index contributed by atoms with van der Waals surface area (Å²) >= 11 is 5.21. The lowest BCUT2D eigenvalue weighted by atomic mass is 10.0. The summed E-state index contributed by atoms with van der Waals surface area (Å²) in [6.07, 6.45) is -4.54. The summed E-state index contributed by atoms with van der Waals surface area (Å²) in [5, 5.41) is 9.23.